The van der Waals surface area contributed by atoms with E-state index < -0.39 is 17.9 Å². The second-order valence-corrected chi connectivity index (χ2v) is 6.45. The minimum Gasteiger partial charge on any atom is -0.206 e. The van der Waals surface area contributed by atoms with Crippen molar-refractivity contribution in [3.05, 3.63) is 54.6 Å². The third-order valence-corrected chi connectivity index (χ3v) is 4.87. The summed E-state index contributed by atoms with van der Waals surface area (Å²) in [4.78, 5) is 12.4. The van der Waals surface area contributed by atoms with Crippen molar-refractivity contribution in [3.63, 3.8) is 0 Å². The second-order valence-electron chi connectivity index (χ2n) is 6.45. The number of rotatable bonds is 0. The number of alkyl halides is 3. The van der Waals surface area contributed by atoms with Crippen molar-refractivity contribution in [2.24, 2.45) is 0 Å². The van der Waals surface area contributed by atoms with Crippen LogP contribution in [-0.2, 0) is 12.1 Å². The van der Waals surface area contributed by atoms with Gasteiger partial charge >= 0.3 is 12.1 Å². The van der Waals surface area contributed by atoms with E-state index in [0.717, 1.165) is 0 Å². The first-order valence-electron chi connectivity index (χ1n) is 8.29. The summed E-state index contributed by atoms with van der Waals surface area (Å²) >= 11 is 0. The van der Waals surface area contributed by atoms with E-state index in [1.165, 1.54) is 17.2 Å². The molecule has 0 radical (unpaired) electrons. The first-order chi connectivity index (χ1) is 13.4. The van der Waals surface area contributed by atoms with Gasteiger partial charge in [-0.25, -0.2) is 4.98 Å². The number of aryl methyl sites for hydroxylation is 1. The van der Waals surface area contributed by atoms with Gasteiger partial charge in [0.15, 0.2) is 11.9 Å². The van der Waals surface area contributed by atoms with Gasteiger partial charge in [0, 0.05) is 18.2 Å². The molecule has 28 heavy (non-hydrogen) atoms. The van der Waals surface area contributed by atoms with Gasteiger partial charge in [0.25, 0.3) is 17.8 Å². The van der Waals surface area contributed by atoms with Crippen molar-refractivity contribution in [2.75, 3.05) is 0 Å². The average Bonchev–Trinajstić information content (AvgIpc) is 3.37. The highest BCUT2D eigenvalue weighted by atomic mass is 19.4. The summed E-state index contributed by atoms with van der Waals surface area (Å²) < 4.78 is 46.4. The van der Waals surface area contributed by atoms with Crippen molar-refractivity contribution in [1.29, 1.82) is 0 Å². The van der Waals surface area contributed by atoms with Crippen molar-refractivity contribution < 1.29 is 22.3 Å². The van der Waals surface area contributed by atoms with E-state index in [9.17, 15) is 13.2 Å². The lowest BCUT2D eigenvalue weighted by molar-refractivity contribution is -0.991. The maximum absolute atomic E-state index is 13.4. The van der Waals surface area contributed by atoms with E-state index in [4.69, 9.17) is 0 Å². The molecule has 138 valence electrons. The van der Waals surface area contributed by atoms with E-state index in [-0.39, 0.29) is 5.82 Å². The van der Waals surface area contributed by atoms with E-state index in [1.54, 1.807) is 39.1 Å². The molecule has 0 aliphatic carbocycles. The van der Waals surface area contributed by atoms with E-state index >= 15 is 0 Å². The molecule has 6 rings (SSSR count). The standard InChI is InChI=1S/C16H10F3N9/c1-9-21-12-10-4-2-3-7-25(10)16(27(12)23-9)26-8-20-6-5-11(26)13-22-14(15(17,18)19)24-28(13)16/h2-8H,1H3/q+2. The number of hydrogen-bond acceptors (Lipinski definition) is 5. The zero-order valence-electron chi connectivity index (χ0n) is 14.2. The van der Waals surface area contributed by atoms with Crippen LogP contribution in [0, 0.1) is 6.92 Å². The molecule has 0 bridgehead atoms. The van der Waals surface area contributed by atoms with Gasteiger partial charge in [0.2, 0.25) is 11.6 Å². The molecule has 1 spiro atoms. The predicted molar refractivity (Wildman–Crippen MR) is 83.0 cm³/mol. The van der Waals surface area contributed by atoms with Gasteiger partial charge in [-0.3, -0.25) is 0 Å². The normalized spacial score (nSPS) is 18.9. The van der Waals surface area contributed by atoms with E-state index in [2.05, 4.69) is 25.1 Å². The average molecular weight is 385 g/mol. The van der Waals surface area contributed by atoms with Crippen molar-refractivity contribution in [3.8, 4) is 23.0 Å². The van der Waals surface area contributed by atoms with Crippen molar-refractivity contribution >= 4 is 0 Å². The third kappa shape index (κ3) is 1.57. The fourth-order valence-electron chi connectivity index (χ4n) is 3.88. The Labute approximate surface area is 154 Å². The Hall–Kier alpha value is -3.70. The molecule has 4 aromatic rings. The topological polar surface area (TPSA) is 82.1 Å². The highest BCUT2D eigenvalue weighted by molar-refractivity contribution is 5.51. The van der Waals surface area contributed by atoms with Gasteiger partial charge in [-0.15, -0.1) is 28.7 Å². The van der Waals surface area contributed by atoms with Crippen LogP contribution in [0.3, 0.4) is 0 Å². The smallest absolute Gasteiger partial charge is 0.206 e. The third-order valence-electron chi connectivity index (χ3n) is 4.87. The van der Waals surface area contributed by atoms with Gasteiger partial charge in [0.05, 0.1) is 0 Å². The summed E-state index contributed by atoms with van der Waals surface area (Å²) in [6, 6.07) is 7.03. The van der Waals surface area contributed by atoms with Crippen LogP contribution < -0.4 is 9.13 Å². The maximum Gasteiger partial charge on any atom is 0.528 e. The number of aromatic nitrogens is 9. The molecule has 6 heterocycles. The van der Waals surface area contributed by atoms with Crippen LogP contribution in [0.1, 0.15) is 11.6 Å². The first kappa shape index (κ1) is 15.4. The highest BCUT2D eigenvalue weighted by Gasteiger charge is 2.68. The Bertz CT molecular complexity index is 1290. The van der Waals surface area contributed by atoms with Crippen LogP contribution in [0.25, 0.3) is 23.0 Å². The molecular formula is C16H10F3N9+2. The van der Waals surface area contributed by atoms with Crippen LogP contribution in [-0.4, -0.2) is 34.5 Å². The Morgan fingerprint density at radius 2 is 1.71 bits per heavy atom. The Kier molecular flexibility index (Phi) is 2.51. The quantitative estimate of drug-likeness (QED) is 0.352. The Morgan fingerprint density at radius 1 is 0.964 bits per heavy atom. The number of fused-ring (bicyclic) bond motifs is 10. The van der Waals surface area contributed by atoms with E-state index in [0.29, 0.717) is 23.0 Å². The minimum absolute atomic E-state index is 0.0676. The molecule has 1 unspecified atom stereocenters. The monoisotopic (exact) mass is 385 g/mol. The minimum atomic E-state index is -4.68. The lowest BCUT2D eigenvalue weighted by Gasteiger charge is -2.17. The number of pyridine rings is 1. The molecule has 0 amide bonds. The Balaban J connectivity index is 1.81. The number of nitrogens with zero attached hydrogens (tertiary/aromatic N) is 9. The maximum atomic E-state index is 13.4. The highest BCUT2D eigenvalue weighted by Crippen LogP contribution is 2.37. The molecule has 9 nitrogen and oxygen atoms in total. The summed E-state index contributed by atoms with van der Waals surface area (Å²) in [5.74, 6) is -1.56. The fraction of sp³-hybridized carbons (Fsp3) is 0.188. The van der Waals surface area contributed by atoms with Gasteiger partial charge in [-0.1, -0.05) is 4.98 Å². The lowest BCUT2D eigenvalue weighted by Crippen LogP contribution is -2.77. The van der Waals surface area contributed by atoms with Gasteiger partial charge in [-0.2, -0.15) is 18.2 Å². The molecule has 2 aliphatic rings. The summed E-state index contributed by atoms with van der Waals surface area (Å²) in [7, 11) is 0. The first-order valence-corrected chi connectivity index (χ1v) is 8.29. The molecule has 1 atom stereocenters. The van der Waals surface area contributed by atoms with Crippen molar-refractivity contribution in [1.82, 2.24) is 34.5 Å². The number of halogens is 3. The van der Waals surface area contributed by atoms with Crippen LogP contribution >= 0.6 is 0 Å². The van der Waals surface area contributed by atoms with Crippen LogP contribution in [0.15, 0.2) is 43.0 Å². The Morgan fingerprint density at radius 3 is 2.54 bits per heavy atom. The molecule has 2 aliphatic heterocycles. The molecule has 0 saturated carbocycles. The summed E-state index contributed by atoms with van der Waals surface area (Å²) in [6.45, 7) is 1.72. The molecular weight excluding hydrogens is 375 g/mol. The summed E-state index contributed by atoms with van der Waals surface area (Å²) in [5.41, 5.74) is 1.11. The molecule has 4 aromatic heterocycles. The predicted octanol–water partition coefficient (Wildman–Crippen LogP) is 0.340. The summed E-state index contributed by atoms with van der Waals surface area (Å²) in [5, 5.41) is 8.32. The summed E-state index contributed by atoms with van der Waals surface area (Å²) in [6.07, 6.45) is 0.0835. The molecule has 0 saturated heterocycles. The molecule has 12 heteroatoms. The van der Waals surface area contributed by atoms with Gasteiger partial charge in [-0.05, 0) is 13.0 Å². The molecule has 0 aromatic carbocycles. The van der Waals surface area contributed by atoms with Crippen LogP contribution in [0.5, 0.6) is 0 Å². The fourth-order valence-corrected chi connectivity index (χ4v) is 3.88. The molecule has 0 fully saturated rings. The van der Waals surface area contributed by atoms with E-state index in [1.807, 2.05) is 12.1 Å². The van der Waals surface area contributed by atoms with Gasteiger partial charge in [0.1, 0.15) is 12.0 Å². The lowest BCUT2D eigenvalue weighted by atomic mass is 10.3. The van der Waals surface area contributed by atoms with Crippen molar-refractivity contribution in [2.45, 2.75) is 19.0 Å². The van der Waals surface area contributed by atoms with Gasteiger partial charge < -0.3 is 0 Å². The zero-order valence-corrected chi connectivity index (χ0v) is 14.2. The molecule has 0 N–H and O–H groups in total. The second kappa shape index (κ2) is 4.58. The van der Waals surface area contributed by atoms with Crippen LogP contribution in [0.2, 0.25) is 0 Å². The SMILES string of the molecule is Cc1nc2n(n1)C1(n3nc(C(F)(F)F)nc3-c3ccnc[n+]31)[n+]1ccccc1-2. The largest absolute Gasteiger partial charge is 0.528 e. The zero-order chi connectivity index (χ0) is 19.3. The van der Waals surface area contributed by atoms with Crippen LogP contribution in [0.4, 0.5) is 13.2 Å². The number of hydrogen-bond donors (Lipinski definition) is 0.